The van der Waals surface area contributed by atoms with Crippen LogP contribution in [-0.4, -0.2) is 12.4 Å². The van der Waals surface area contributed by atoms with Gasteiger partial charge in [-0.1, -0.05) is 30.7 Å². The first kappa shape index (κ1) is 19.3. The summed E-state index contributed by atoms with van der Waals surface area (Å²) in [6.07, 6.45) is 7.60. The SMILES string of the molecule is C/C=C\C[C@H]1CCCC1/C=C/C(=O)COc1cccc(C(F)(F)F)c1. The van der Waals surface area contributed by atoms with E-state index in [2.05, 4.69) is 6.08 Å². The number of ketones is 1. The lowest BCUT2D eigenvalue weighted by Crippen LogP contribution is -2.11. The van der Waals surface area contributed by atoms with Crippen LogP contribution in [0.3, 0.4) is 0 Å². The Morgan fingerprint density at radius 2 is 2.12 bits per heavy atom. The second-order valence-electron chi connectivity index (χ2n) is 6.30. The Kier molecular flexibility index (Phi) is 6.85. The molecule has 0 aromatic heterocycles. The van der Waals surface area contributed by atoms with E-state index in [1.54, 1.807) is 0 Å². The van der Waals surface area contributed by atoms with Crippen LogP contribution in [0.2, 0.25) is 0 Å². The minimum atomic E-state index is -4.42. The topological polar surface area (TPSA) is 26.3 Å². The fraction of sp³-hybridized carbons (Fsp3) is 0.450. The van der Waals surface area contributed by atoms with Gasteiger partial charge in [0, 0.05) is 0 Å². The summed E-state index contributed by atoms with van der Waals surface area (Å²) in [5.41, 5.74) is -0.786. The van der Waals surface area contributed by atoms with Crippen molar-refractivity contribution in [1.29, 1.82) is 0 Å². The highest BCUT2D eigenvalue weighted by Gasteiger charge is 2.30. The lowest BCUT2D eigenvalue weighted by molar-refractivity contribution is -0.137. The van der Waals surface area contributed by atoms with Gasteiger partial charge in [-0.15, -0.1) is 0 Å². The van der Waals surface area contributed by atoms with Crippen LogP contribution in [0.1, 0.15) is 38.2 Å². The van der Waals surface area contributed by atoms with Crippen LogP contribution in [0.25, 0.3) is 0 Å². The summed E-state index contributed by atoms with van der Waals surface area (Å²) in [6, 6.07) is 4.56. The zero-order valence-corrected chi connectivity index (χ0v) is 14.3. The van der Waals surface area contributed by atoms with Crippen LogP contribution in [0.5, 0.6) is 5.75 Å². The molecule has 2 nitrogen and oxygen atoms in total. The average Bonchev–Trinajstić information content (AvgIpc) is 3.03. The first-order chi connectivity index (χ1) is 11.9. The third kappa shape index (κ3) is 6.07. The van der Waals surface area contributed by atoms with E-state index < -0.39 is 11.7 Å². The fourth-order valence-electron chi connectivity index (χ4n) is 3.12. The van der Waals surface area contributed by atoms with Crippen molar-refractivity contribution in [3.05, 3.63) is 54.1 Å². The van der Waals surface area contributed by atoms with Crippen LogP contribution in [0.15, 0.2) is 48.6 Å². The molecule has 2 rings (SSSR count). The Bertz CT molecular complexity index is 632. The van der Waals surface area contributed by atoms with E-state index in [-0.39, 0.29) is 18.1 Å². The molecule has 0 saturated heterocycles. The molecule has 1 aromatic carbocycles. The number of allylic oxidation sites excluding steroid dienone is 3. The van der Waals surface area contributed by atoms with Gasteiger partial charge in [0.15, 0.2) is 12.4 Å². The molecule has 1 fully saturated rings. The molecule has 0 N–H and O–H groups in total. The molecule has 136 valence electrons. The van der Waals surface area contributed by atoms with Gasteiger partial charge in [0.05, 0.1) is 5.56 Å². The van der Waals surface area contributed by atoms with Crippen molar-refractivity contribution in [2.45, 2.75) is 38.8 Å². The van der Waals surface area contributed by atoms with Crippen LogP contribution in [-0.2, 0) is 11.0 Å². The Morgan fingerprint density at radius 3 is 2.84 bits per heavy atom. The third-order valence-corrected chi connectivity index (χ3v) is 4.46. The maximum atomic E-state index is 12.6. The van der Waals surface area contributed by atoms with Crippen molar-refractivity contribution in [3.8, 4) is 5.75 Å². The zero-order chi connectivity index (χ0) is 18.3. The van der Waals surface area contributed by atoms with Gasteiger partial charge in [-0.25, -0.2) is 0 Å². The summed E-state index contributed by atoms with van der Waals surface area (Å²) in [7, 11) is 0. The number of rotatable bonds is 7. The quantitative estimate of drug-likeness (QED) is 0.472. The van der Waals surface area contributed by atoms with E-state index in [1.165, 1.54) is 18.2 Å². The molecule has 25 heavy (non-hydrogen) atoms. The number of alkyl halides is 3. The van der Waals surface area contributed by atoms with E-state index >= 15 is 0 Å². The Morgan fingerprint density at radius 1 is 1.32 bits per heavy atom. The van der Waals surface area contributed by atoms with Gasteiger partial charge >= 0.3 is 6.18 Å². The number of halogens is 3. The summed E-state index contributed by atoms with van der Waals surface area (Å²) in [4.78, 5) is 11.9. The molecule has 0 spiro atoms. The van der Waals surface area contributed by atoms with E-state index in [0.29, 0.717) is 11.8 Å². The molecular formula is C20H23F3O2. The summed E-state index contributed by atoms with van der Waals surface area (Å²) in [5, 5.41) is 0. The molecule has 2 atom stereocenters. The number of carbonyl (C=O) groups is 1. The molecule has 1 unspecified atom stereocenters. The molecule has 1 saturated carbocycles. The summed E-state index contributed by atoms with van der Waals surface area (Å²) >= 11 is 0. The van der Waals surface area contributed by atoms with Crippen molar-refractivity contribution < 1.29 is 22.7 Å². The van der Waals surface area contributed by atoms with Gasteiger partial charge in [-0.2, -0.15) is 13.2 Å². The average molecular weight is 352 g/mol. The van der Waals surface area contributed by atoms with Crippen LogP contribution in [0.4, 0.5) is 13.2 Å². The van der Waals surface area contributed by atoms with Gasteiger partial charge in [0.25, 0.3) is 0 Å². The molecule has 0 radical (unpaired) electrons. The molecule has 1 aromatic rings. The van der Waals surface area contributed by atoms with Crippen molar-refractivity contribution in [2.75, 3.05) is 6.61 Å². The highest BCUT2D eigenvalue weighted by atomic mass is 19.4. The summed E-state index contributed by atoms with van der Waals surface area (Å²) in [5.74, 6) is 0.746. The van der Waals surface area contributed by atoms with Crippen molar-refractivity contribution in [1.82, 2.24) is 0 Å². The predicted octanol–water partition coefficient (Wildman–Crippen LogP) is 5.59. The van der Waals surface area contributed by atoms with Gasteiger partial charge in [0.2, 0.25) is 0 Å². The fourth-order valence-corrected chi connectivity index (χ4v) is 3.12. The zero-order valence-electron chi connectivity index (χ0n) is 14.3. The van der Waals surface area contributed by atoms with Crippen molar-refractivity contribution in [3.63, 3.8) is 0 Å². The van der Waals surface area contributed by atoms with Gasteiger partial charge in [-0.05, 0) is 62.3 Å². The Hall–Kier alpha value is -2.04. The molecule has 0 aliphatic heterocycles. The number of benzene rings is 1. The first-order valence-corrected chi connectivity index (χ1v) is 8.52. The summed E-state index contributed by atoms with van der Waals surface area (Å²) in [6.45, 7) is 1.73. The highest BCUT2D eigenvalue weighted by Crippen LogP contribution is 2.35. The molecule has 1 aliphatic carbocycles. The van der Waals surface area contributed by atoms with Crippen molar-refractivity contribution in [2.24, 2.45) is 11.8 Å². The number of carbonyl (C=O) groups excluding carboxylic acids is 1. The monoisotopic (exact) mass is 352 g/mol. The molecule has 1 aliphatic rings. The molecule has 0 heterocycles. The summed E-state index contributed by atoms with van der Waals surface area (Å²) < 4.78 is 43.1. The molecule has 5 heteroatoms. The standard InChI is InChI=1S/C20H23F3O2/c1-2-3-6-15-7-4-8-16(15)11-12-18(24)14-25-19-10-5-9-17(13-19)20(21,22)23/h2-3,5,9-13,15-16H,4,6-8,14H2,1H3/b3-2-,12-11+/t15-,16?/m0/s1. The number of ether oxygens (including phenoxy) is 1. The lowest BCUT2D eigenvalue weighted by Gasteiger charge is -2.13. The Balaban J connectivity index is 1.86. The van der Waals surface area contributed by atoms with E-state index in [1.807, 2.05) is 19.1 Å². The van der Waals surface area contributed by atoms with Gasteiger partial charge in [0.1, 0.15) is 5.75 Å². The molecular weight excluding hydrogens is 329 g/mol. The van der Waals surface area contributed by atoms with E-state index in [4.69, 9.17) is 4.74 Å². The van der Waals surface area contributed by atoms with Crippen LogP contribution in [0, 0.1) is 11.8 Å². The second-order valence-corrected chi connectivity index (χ2v) is 6.30. The van der Waals surface area contributed by atoms with Crippen LogP contribution >= 0.6 is 0 Å². The van der Waals surface area contributed by atoms with Gasteiger partial charge < -0.3 is 4.74 Å². The van der Waals surface area contributed by atoms with Crippen molar-refractivity contribution >= 4 is 5.78 Å². The van der Waals surface area contributed by atoms with Crippen LogP contribution < -0.4 is 4.74 Å². The van der Waals surface area contributed by atoms with E-state index in [0.717, 1.165) is 37.8 Å². The first-order valence-electron chi connectivity index (χ1n) is 8.52. The van der Waals surface area contributed by atoms with Gasteiger partial charge in [-0.3, -0.25) is 4.79 Å². The maximum Gasteiger partial charge on any atom is 0.416 e. The molecule has 0 amide bonds. The third-order valence-electron chi connectivity index (χ3n) is 4.46. The predicted molar refractivity (Wildman–Crippen MR) is 91.3 cm³/mol. The maximum absolute atomic E-state index is 12.6. The highest BCUT2D eigenvalue weighted by molar-refractivity contribution is 5.90. The Labute approximate surface area is 146 Å². The van der Waals surface area contributed by atoms with E-state index in [9.17, 15) is 18.0 Å². The minimum Gasteiger partial charge on any atom is -0.485 e. The lowest BCUT2D eigenvalue weighted by atomic mass is 9.92. The largest absolute Gasteiger partial charge is 0.485 e. The number of hydrogen-bond donors (Lipinski definition) is 0. The minimum absolute atomic E-state index is 0.0448. The number of hydrogen-bond acceptors (Lipinski definition) is 2. The second kappa shape index (κ2) is 8.88. The normalized spacial score (nSPS) is 21.3. The molecule has 0 bridgehead atoms. The smallest absolute Gasteiger partial charge is 0.416 e.